The molecule has 11 heteroatoms. The van der Waals surface area contributed by atoms with E-state index in [4.69, 9.17) is 14.8 Å². The van der Waals surface area contributed by atoms with E-state index in [1.807, 2.05) is 60.8 Å². The van der Waals surface area contributed by atoms with E-state index in [0.717, 1.165) is 52.6 Å². The van der Waals surface area contributed by atoms with Gasteiger partial charge in [-0.2, -0.15) is 4.37 Å². The van der Waals surface area contributed by atoms with Crippen LogP contribution in [-0.2, 0) is 4.79 Å². The van der Waals surface area contributed by atoms with Crippen molar-refractivity contribution in [3.63, 3.8) is 0 Å². The number of aliphatic hydroxyl groups is 1. The van der Waals surface area contributed by atoms with Gasteiger partial charge in [-0.15, -0.1) is 0 Å². The number of carbonyl (C=O) groups is 1. The summed E-state index contributed by atoms with van der Waals surface area (Å²) in [7, 11) is 2.16. The Morgan fingerprint density at radius 2 is 1.89 bits per heavy atom. The lowest BCUT2D eigenvalue weighted by atomic mass is 9.97. The minimum atomic E-state index is -0.796. The zero-order valence-electron chi connectivity index (χ0n) is 21.2. The zero-order chi connectivity index (χ0) is 26.7. The molecule has 1 saturated heterocycles. The molecule has 1 aliphatic heterocycles. The van der Waals surface area contributed by atoms with E-state index in [1.165, 1.54) is 30.2 Å². The van der Waals surface area contributed by atoms with Crippen molar-refractivity contribution in [2.45, 2.75) is 41.7 Å². The number of pyridine rings is 2. The maximum Gasteiger partial charge on any atom is 0.208 e. The molecule has 1 fully saturated rings. The van der Waals surface area contributed by atoms with Gasteiger partial charge >= 0.3 is 0 Å². The summed E-state index contributed by atoms with van der Waals surface area (Å²) in [6.45, 7) is 3.57. The highest BCUT2D eigenvalue weighted by Gasteiger charge is 2.22. The lowest BCUT2D eigenvalue weighted by Gasteiger charge is -2.27. The molecule has 3 aromatic heterocycles. The van der Waals surface area contributed by atoms with E-state index in [0.29, 0.717) is 23.8 Å². The Bertz CT molecular complexity index is 1280. The molecular weight excluding hydrogens is 520 g/mol. The Kier molecular flexibility index (Phi) is 10.2. The molecule has 1 unspecified atom stereocenters. The minimum Gasteiger partial charge on any atom is -0.453 e. The monoisotopic (exact) mass is 550 g/mol. The van der Waals surface area contributed by atoms with Crippen LogP contribution in [-0.4, -0.2) is 61.9 Å². The first-order valence-electron chi connectivity index (χ1n) is 12.2. The molecule has 1 aromatic carbocycles. The molecule has 9 nitrogen and oxygen atoms in total. The second kappa shape index (κ2) is 14.0. The Hall–Kier alpha value is -3.38. The Labute approximate surface area is 230 Å². The van der Waals surface area contributed by atoms with E-state index in [2.05, 4.69) is 31.6 Å². The normalized spacial score (nSPS) is 14.7. The number of para-hydroxylation sites is 1. The molecule has 4 aromatic rings. The number of aldehydes is 1. The van der Waals surface area contributed by atoms with E-state index in [1.54, 1.807) is 6.20 Å². The molecule has 4 heterocycles. The largest absolute Gasteiger partial charge is 0.453 e. The second-order valence-electron chi connectivity index (χ2n) is 8.74. The van der Waals surface area contributed by atoms with Gasteiger partial charge in [0, 0.05) is 40.8 Å². The number of rotatable bonds is 8. The molecule has 0 amide bonds. The number of piperidine rings is 1. The first-order chi connectivity index (χ1) is 18.5. The van der Waals surface area contributed by atoms with Crippen LogP contribution in [0.4, 0.5) is 10.9 Å². The van der Waals surface area contributed by atoms with Crippen LogP contribution in [0.25, 0.3) is 0 Å². The predicted octanol–water partition coefficient (Wildman–Crippen LogP) is 5.39. The third-order valence-corrected chi connectivity index (χ3v) is 7.16. The fraction of sp³-hybridized carbons (Fsp3) is 0.296. The summed E-state index contributed by atoms with van der Waals surface area (Å²) in [6.07, 6.45) is 5.46. The Balaban J connectivity index is 0.000000617. The standard InChI is InChI=1S/C24H24N6OS2.C3H6O2/c1-30-13-10-17(11-14-30)22-27-24(33-29-22)28-23-20(31-18-7-3-2-4-8-18)15-19(16-26-23)32-21-9-5-6-12-25-21;1-3(5)2-4/h2-9,12,15-17H,10-11,13-14H2,1H3,(H,26,27,28,29);2-3,5H,1H3. The van der Waals surface area contributed by atoms with Crippen LogP contribution in [0, 0.1) is 0 Å². The number of hydrogen-bond donors (Lipinski definition) is 2. The highest BCUT2D eigenvalue weighted by atomic mass is 32.2. The van der Waals surface area contributed by atoms with Crippen LogP contribution in [0.1, 0.15) is 31.5 Å². The van der Waals surface area contributed by atoms with Crippen molar-refractivity contribution in [2.24, 2.45) is 0 Å². The highest BCUT2D eigenvalue weighted by molar-refractivity contribution is 7.99. The average molecular weight is 551 g/mol. The van der Waals surface area contributed by atoms with Crippen molar-refractivity contribution in [1.82, 2.24) is 24.2 Å². The van der Waals surface area contributed by atoms with Crippen LogP contribution >= 0.6 is 23.3 Å². The summed E-state index contributed by atoms with van der Waals surface area (Å²) < 4.78 is 10.8. The molecule has 0 spiro atoms. The number of aromatic nitrogens is 4. The van der Waals surface area contributed by atoms with Crippen molar-refractivity contribution in [3.8, 4) is 11.5 Å². The molecule has 5 rings (SSSR count). The molecule has 0 aliphatic carbocycles. The van der Waals surface area contributed by atoms with Gasteiger partial charge in [-0.05, 0) is 64.2 Å². The van der Waals surface area contributed by atoms with Crippen molar-refractivity contribution >= 4 is 40.5 Å². The summed E-state index contributed by atoms with van der Waals surface area (Å²) in [6, 6.07) is 17.5. The molecule has 1 atom stereocenters. The maximum absolute atomic E-state index is 9.25. The van der Waals surface area contributed by atoms with Gasteiger partial charge in [0.15, 0.2) is 11.6 Å². The molecule has 0 bridgehead atoms. The van der Waals surface area contributed by atoms with Gasteiger partial charge in [0.25, 0.3) is 0 Å². The van der Waals surface area contributed by atoms with Crippen molar-refractivity contribution in [1.29, 1.82) is 0 Å². The molecule has 0 radical (unpaired) electrons. The number of carbonyl (C=O) groups excluding carboxylic acids is 1. The van der Waals surface area contributed by atoms with Crippen LogP contribution < -0.4 is 10.1 Å². The van der Waals surface area contributed by atoms with Gasteiger partial charge in [0.1, 0.15) is 29.0 Å². The SMILES string of the molecule is CC(O)C=O.CN1CCC(c2nsc(Nc3ncc(Sc4ccccn4)cc3Oc3ccccc3)n2)CC1. The molecular formula is C27H30N6O3S2. The zero-order valence-corrected chi connectivity index (χ0v) is 22.9. The third-order valence-electron chi connectivity index (χ3n) is 5.61. The average Bonchev–Trinajstić information content (AvgIpc) is 3.40. The van der Waals surface area contributed by atoms with Crippen molar-refractivity contribution in [3.05, 3.63) is 72.8 Å². The van der Waals surface area contributed by atoms with E-state index in [-0.39, 0.29) is 0 Å². The number of hydrogen-bond acceptors (Lipinski definition) is 11. The lowest BCUT2D eigenvalue weighted by molar-refractivity contribution is -0.114. The Morgan fingerprint density at radius 3 is 2.58 bits per heavy atom. The van der Waals surface area contributed by atoms with Gasteiger partial charge < -0.3 is 24.9 Å². The number of nitrogens with zero attached hydrogens (tertiary/aromatic N) is 5. The number of ether oxygens (including phenoxy) is 1. The number of nitrogens with one attached hydrogen (secondary N) is 1. The smallest absolute Gasteiger partial charge is 0.208 e. The lowest BCUT2D eigenvalue weighted by Crippen LogP contribution is -2.29. The van der Waals surface area contributed by atoms with E-state index < -0.39 is 6.10 Å². The highest BCUT2D eigenvalue weighted by Crippen LogP contribution is 2.36. The summed E-state index contributed by atoms with van der Waals surface area (Å²) >= 11 is 2.90. The Morgan fingerprint density at radius 1 is 1.16 bits per heavy atom. The van der Waals surface area contributed by atoms with Gasteiger partial charge in [0.05, 0.1) is 0 Å². The fourth-order valence-corrected chi connectivity index (χ4v) is 5.04. The van der Waals surface area contributed by atoms with Crippen LogP contribution in [0.2, 0.25) is 0 Å². The van der Waals surface area contributed by atoms with Gasteiger partial charge in [0.2, 0.25) is 5.13 Å². The summed E-state index contributed by atoms with van der Waals surface area (Å²) in [4.78, 5) is 26.3. The molecule has 38 heavy (non-hydrogen) atoms. The summed E-state index contributed by atoms with van der Waals surface area (Å²) in [5, 5.41) is 12.9. The number of anilines is 2. The van der Waals surface area contributed by atoms with Gasteiger partial charge in [-0.1, -0.05) is 36.0 Å². The van der Waals surface area contributed by atoms with Gasteiger partial charge in [-0.25, -0.2) is 15.0 Å². The number of aliphatic hydroxyl groups excluding tert-OH is 1. The van der Waals surface area contributed by atoms with Crippen LogP contribution in [0.3, 0.4) is 0 Å². The fourth-order valence-electron chi connectivity index (χ4n) is 3.62. The second-order valence-corrected chi connectivity index (χ2v) is 10.6. The van der Waals surface area contributed by atoms with Gasteiger partial charge in [-0.3, -0.25) is 0 Å². The molecule has 198 valence electrons. The topological polar surface area (TPSA) is 113 Å². The van der Waals surface area contributed by atoms with E-state index in [9.17, 15) is 4.79 Å². The first-order valence-corrected chi connectivity index (χ1v) is 13.8. The van der Waals surface area contributed by atoms with Crippen molar-refractivity contribution in [2.75, 3.05) is 25.5 Å². The minimum absolute atomic E-state index is 0.415. The molecule has 1 aliphatic rings. The summed E-state index contributed by atoms with van der Waals surface area (Å²) in [5.41, 5.74) is 0. The van der Waals surface area contributed by atoms with Crippen molar-refractivity contribution < 1.29 is 14.6 Å². The summed E-state index contributed by atoms with van der Waals surface area (Å²) in [5.74, 6) is 3.31. The van der Waals surface area contributed by atoms with Crippen LogP contribution in [0.15, 0.2) is 76.9 Å². The molecule has 2 N–H and O–H groups in total. The number of benzene rings is 1. The maximum atomic E-state index is 9.25. The first kappa shape index (κ1) is 27.6. The quantitative estimate of drug-likeness (QED) is 0.277. The third kappa shape index (κ3) is 8.32. The van der Waals surface area contributed by atoms with E-state index >= 15 is 0 Å². The predicted molar refractivity (Wildman–Crippen MR) is 150 cm³/mol. The number of likely N-dealkylation sites (tertiary alicyclic amines) is 1. The molecule has 0 saturated carbocycles. The van der Waals surface area contributed by atoms with Crippen LogP contribution in [0.5, 0.6) is 11.5 Å².